The van der Waals surface area contributed by atoms with Gasteiger partial charge in [-0.25, -0.2) is 9.97 Å². The van der Waals surface area contributed by atoms with E-state index in [1.807, 2.05) is 24.7 Å². The van der Waals surface area contributed by atoms with E-state index in [1.54, 1.807) is 12.4 Å². The molecule has 3 N–H and O–H groups in total. The van der Waals surface area contributed by atoms with E-state index in [9.17, 15) is 0 Å². The molecule has 0 bridgehead atoms. The number of nitrogen functional groups attached to an aromatic ring is 1. The Hall–Kier alpha value is -1.82. The van der Waals surface area contributed by atoms with Crippen molar-refractivity contribution in [2.45, 2.75) is 13.0 Å². The summed E-state index contributed by atoms with van der Waals surface area (Å²) in [6.45, 7) is 2.94. The molecule has 0 aromatic carbocycles. The van der Waals surface area contributed by atoms with Gasteiger partial charge in [0.15, 0.2) is 11.5 Å². The van der Waals surface area contributed by atoms with E-state index < -0.39 is 0 Å². The number of rotatable bonds is 4. The summed E-state index contributed by atoms with van der Waals surface area (Å²) in [5.41, 5.74) is 6.54. The molecule has 0 saturated heterocycles. The zero-order chi connectivity index (χ0) is 12.4. The van der Waals surface area contributed by atoms with E-state index in [4.69, 9.17) is 5.73 Å². The van der Waals surface area contributed by atoms with Crippen molar-refractivity contribution in [1.82, 2.24) is 19.3 Å². The second-order valence-corrected chi connectivity index (χ2v) is 4.37. The molecule has 6 heteroatoms. The monoisotopic (exact) mass is 234 g/mol. The first-order chi connectivity index (χ1) is 8.08. The van der Waals surface area contributed by atoms with Gasteiger partial charge in [0, 0.05) is 25.0 Å². The number of nitrogens with zero attached hydrogens (tertiary/aromatic N) is 4. The predicted molar refractivity (Wildman–Crippen MR) is 69.0 cm³/mol. The summed E-state index contributed by atoms with van der Waals surface area (Å²) in [4.78, 5) is 10.7. The van der Waals surface area contributed by atoms with Gasteiger partial charge in [-0.05, 0) is 21.0 Å². The van der Waals surface area contributed by atoms with Crippen LogP contribution in [0.25, 0.3) is 5.65 Å². The standard InChI is InChI=1S/C11H18N6/c1-8(16(2)3)6-14-10-11-13-4-5-17(11)7-9(12)15-10/h4-5,7-8H,6,12H2,1-3H3,(H,14,15). The van der Waals surface area contributed by atoms with Gasteiger partial charge in [0.1, 0.15) is 5.82 Å². The van der Waals surface area contributed by atoms with Crippen LogP contribution in [0.15, 0.2) is 18.6 Å². The summed E-state index contributed by atoms with van der Waals surface area (Å²) < 4.78 is 1.87. The maximum absolute atomic E-state index is 5.74. The number of likely N-dealkylation sites (N-methyl/N-ethyl adjacent to an activating group) is 1. The summed E-state index contributed by atoms with van der Waals surface area (Å²) in [6, 6.07) is 0.410. The number of fused-ring (bicyclic) bond motifs is 1. The maximum Gasteiger partial charge on any atom is 0.180 e. The number of hydrogen-bond acceptors (Lipinski definition) is 5. The van der Waals surface area contributed by atoms with Crippen LogP contribution in [0.3, 0.4) is 0 Å². The molecule has 0 aliphatic rings. The summed E-state index contributed by atoms with van der Waals surface area (Å²) >= 11 is 0. The first-order valence-corrected chi connectivity index (χ1v) is 5.57. The molecule has 0 spiro atoms. The van der Waals surface area contributed by atoms with Crippen molar-refractivity contribution in [2.24, 2.45) is 0 Å². The molecule has 1 atom stereocenters. The topological polar surface area (TPSA) is 71.5 Å². The third-order valence-electron chi connectivity index (χ3n) is 2.84. The lowest BCUT2D eigenvalue weighted by molar-refractivity contribution is 0.326. The third kappa shape index (κ3) is 2.47. The molecule has 6 nitrogen and oxygen atoms in total. The van der Waals surface area contributed by atoms with Crippen molar-refractivity contribution in [1.29, 1.82) is 0 Å². The Bertz CT molecular complexity index is 504. The molecule has 0 saturated carbocycles. The summed E-state index contributed by atoms with van der Waals surface area (Å²) in [5, 5.41) is 3.28. The molecule has 0 aliphatic carbocycles. The number of hydrogen-bond donors (Lipinski definition) is 2. The predicted octanol–water partition coefficient (Wildman–Crippen LogP) is 0.673. The van der Waals surface area contributed by atoms with Crippen LogP contribution >= 0.6 is 0 Å². The lowest BCUT2D eigenvalue weighted by atomic mass is 10.3. The molecule has 2 rings (SSSR count). The second-order valence-electron chi connectivity index (χ2n) is 4.37. The Kier molecular flexibility index (Phi) is 3.14. The van der Waals surface area contributed by atoms with Crippen LogP contribution in [-0.2, 0) is 0 Å². The zero-order valence-corrected chi connectivity index (χ0v) is 10.4. The van der Waals surface area contributed by atoms with Gasteiger partial charge in [-0.2, -0.15) is 0 Å². The second kappa shape index (κ2) is 4.58. The summed E-state index contributed by atoms with van der Waals surface area (Å²) in [5.74, 6) is 1.21. The number of nitrogens with two attached hydrogens (primary N) is 1. The lowest BCUT2D eigenvalue weighted by Gasteiger charge is -2.20. The quantitative estimate of drug-likeness (QED) is 0.813. The first-order valence-electron chi connectivity index (χ1n) is 5.57. The number of nitrogens with one attached hydrogen (secondary N) is 1. The van der Waals surface area contributed by atoms with Crippen LogP contribution in [0.1, 0.15) is 6.92 Å². The van der Waals surface area contributed by atoms with Crippen molar-refractivity contribution >= 4 is 17.3 Å². The maximum atomic E-state index is 5.74. The highest BCUT2D eigenvalue weighted by Crippen LogP contribution is 2.14. The van der Waals surface area contributed by atoms with Crippen molar-refractivity contribution in [2.75, 3.05) is 31.7 Å². The average molecular weight is 234 g/mol. The first kappa shape index (κ1) is 11.7. The Morgan fingerprint density at radius 3 is 3.00 bits per heavy atom. The largest absolute Gasteiger partial charge is 0.382 e. The van der Waals surface area contributed by atoms with Gasteiger partial charge in [0.25, 0.3) is 0 Å². The normalized spacial score (nSPS) is 13.2. The van der Waals surface area contributed by atoms with Crippen molar-refractivity contribution < 1.29 is 0 Å². The van der Waals surface area contributed by atoms with Gasteiger partial charge >= 0.3 is 0 Å². The molecule has 0 aliphatic heterocycles. The van der Waals surface area contributed by atoms with Crippen LogP contribution < -0.4 is 11.1 Å². The van der Waals surface area contributed by atoms with Crippen LogP contribution in [0, 0.1) is 0 Å². The minimum Gasteiger partial charge on any atom is -0.382 e. The van der Waals surface area contributed by atoms with Crippen molar-refractivity contribution in [3.05, 3.63) is 18.6 Å². The summed E-state index contributed by atoms with van der Waals surface area (Å²) in [7, 11) is 4.09. The molecule has 0 radical (unpaired) electrons. The van der Waals surface area contributed by atoms with Crippen molar-refractivity contribution in [3.8, 4) is 0 Å². The lowest BCUT2D eigenvalue weighted by Crippen LogP contribution is -2.31. The highest BCUT2D eigenvalue weighted by Gasteiger charge is 2.08. The third-order valence-corrected chi connectivity index (χ3v) is 2.84. The number of imidazole rings is 1. The summed E-state index contributed by atoms with van der Waals surface area (Å²) in [6.07, 6.45) is 5.34. The van der Waals surface area contributed by atoms with E-state index in [0.29, 0.717) is 11.9 Å². The highest BCUT2D eigenvalue weighted by atomic mass is 15.2. The van der Waals surface area contributed by atoms with Crippen LogP contribution in [-0.4, -0.2) is 46.0 Å². The van der Waals surface area contributed by atoms with Gasteiger partial charge in [0.05, 0.1) is 6.20 Å². The Morgan fingerprint density at radius 1 is 1.53 bits per heavy atom. The van der Waals surface area contributed by atoms with E-state index in [2.05, 4.69) is 27.1 Å². The number of aromatic nitrogens is 3. The van der Waals surface area contributed by atoms with Gasteiger partial charge in [-0.15, -0.1) is 0 Å². The fourth-order valence-electron chi connectivity index (χ4n) is 1.50. The van der Waals surface area contributed by atoms with E-state index >= 15 is 0 Å². The van der Waals surface area contributed by atoms with E-state index in [1.165, 1.54) is 0 Å². The van der Waals surface area contributed by atoms with Gasteiger partial charge in [-0.3, -0.25) is 0 Å². The fourth-order valence-corrected chi connectivity index (χ4v) is 1.50. The zero-order valence-electron chi connectivity index (χ0n) is 10.4. The molecule has 0 fully saturated rings. The Morgan fingerprint density at radius 2 is 2.29 bits per heavy atom. The SMILES string of the molecule is CC(CNc1nc(N)cn2ccnc12)N(C)C. The molecular formula is C11H18N6. The smallest absolute Gasteiger partial charge is 0.180 e. The fraction of sp³-hybridized carbons (Fsp3) is 0.455. The average Bonchev–Trinajstić information content (AvgIpc) is 2.72. The van der Waals surface area contributed by atoms with E-state index in [-0.39, 0.29) is 0 Å². The Balaban J connectivity index is 2.20. The molecule has 2 aromatic heterocycles. The molecule has 2 aromatic rings. The highest BCUT2D eigenvalue weighted by molar-refractivity contribution is 5.64. The van der Waals surface area contributed by atoms with Crippen LogP contribution in [0.5, 0.6) is 0 Å². The van der Waals surface area contributed by atoms with Crippen LogP contribution in [0.2, 0.25) is 0 Å². The minimum absolute atomic E-state index is 0.410. The molecule has 1 unspecified atom stereocenters. The van der Waals surface area contributed by atoms with Crippen LogP contribution in [0.4, 0.5) is 11.6 Å². The Labute approximate surface area is 100 Å². The van der Waals surface area contributed by atoms with Crippen molar-refractivity contribution in [3.63, 3.8) is 0 Å². The molecular weight excluding hydrogens is 216 g/mol. The molecule has 17 heavy (non-hydrogen) atoms. The molecule has 0 amide bonds. The van der Waals surface area contributed by atoms with Gasteiger partial charge in [-0.1, -0.05) is 0 Å². The minimum atomic E-state index is 0.410. The van der Waals surface area contributed by atoms with E-state index in [0.717, 1.165) is 18.0 Å². The number of anilines is 2. The van der Waals surface area contributed by atoms with Gasteiger partial charge in [0.2, 0.25) is 0 Å². The molecule has 92 valence electrons. The van der Waals surface area contributed by atoms with Gasteiger partial charge < -0.3 is 20.4 Å². The molecule has 2 heterocycles.